The van der Waals surface area contributed by atoms with Gasteiger partial charge in [0.1, 0.15) is 0 Å². The Labute approximate surface area is 126 Å². The Hall–Kier alpha value is -2.53. The van der Waals surface area contributed by atoms with Gasteiger partial charge in [0, 0.05) is 5.69 Å². The summed E-state index contributed by atoms with van der Waals surface area (Å²) >= 11 is 5.95. The van der Waals surface area contributed by atoms with Crippen molar-refractivity contribution in [3.05, 3.63) is 58.6 Å². The molecule has 0 aliphatic rings. The van der Waals surface area contributed by atoms with E-state index in [2.05, 4.69) is 10.6 Å². The number of urea groups is 1. The Morgan fingerprint density at radius 2 is 1.71 bits per heavy atom. The molecule has 3 N–H and O–H groups in total. The van der Waals surface area contributed by atoms with E-state index in [9.17, 15) is 9.59 Å². The summed E-state index contributed by atoms with van der Waals surface area (Å²) in [7, 11) is 0. The molecule has 6 heteroatoms. The minimum absolute atomic E-state index is 0.171. The van der Waals surface area contributed by atoms with Gasteiger partial charge in [-0.05, 0) is 42.8 Å². The van der Waals surface area contributed by atoms with Gasteiger partial charge in [-0.3, -0.25) is 0 Å². The Morgan fingerprint density at radius 3 is 2.33 bits per heavy atom. The van der Waals surface area contributed by atoms with Crippen molar-refractivity contribution in [2.45, 2.75) is 6.92 Å². The highest BCUT2D eigenvalue weighted by Crippen LogP contribution is 2.21. The third kappa shape index (κ3) is 3.73. The molecule has 0 unspecified atom stereocenters. The number of aromatic carboxylic acids is 1. The van der Waals surface area contributed by atoms with E-state index in [1.165, 1.54) is 12.1 Å². The van der Waals surface area contributed by atoms with Gasteiger partial charge in [-0.1, -0.05) is 23.7 Å². The van der Waals surface area contributed by atoms with Crippen LogP contribution in [-0.2, 0) is 0 Å². The second-order valence-electron chi connectivity index (χ2n) is 4.39. The number of carbonyl (C=O) groups is 2. The van der Waals surface area contributed by atoms with E-state index in [1.54, 1.807) is 37.3 Å². The highest BCUT2D eigenvalue weighted by Gasteiger charge is 2.09. The van der Waals surface area contributed by atoms with Crippen LogP contribution >= 0.6 is 11.6 Å². The number of anilines is 2. The number of carbonyl (C=O) groups excluding carboxylic acids is 1. The first kappa shape index (κ1) is 14.9. The second kappa shape index (κ2) is 6.28. The highest BCUT2D eigenvalue weighted by atomic mass is 35.5. The molecule has 0 spiro atoms. The average Bonchev–Trinajstić information content (AvgIpc) is 2.43. The molecule has 2 amide bonds. The monoisotopic (exact) mass is 304 g/mol. The third-order valence-corrected chi connectivity index (χ3v) is 3.17. The van der Waals surface area contributed by atoms with Crippen LogP contribution in [0.15, 0.2) is 42.5 Å². The first-order valence-corrected chi connectivity index (χ1v) is 6.51. The highest BCUT2D eigenvalue weighted by molar-refractivity contribution is 6.33. The predicted octanol–water partition coefficient (Wildman–Crippen LogP) is 3.99. The molecule has 21 heavy (non-hydrogen) atoms. The van der Waals surface area contributed by atoms with Crippen molar-refractivity contribution >= 4 is 35.0 Å². The molecular weight excluding hydrogens is 292 g/mol. The fourth-order valence-electron chi connectivity index (χ4n) is 1.78. The summed E-state index contributed by atoms with van der Waals surface area (Å²) in [5.41, 5.74) is 1.86. The molecule has 0 aromatic heterocycles. The van der Waals surface area contributed by atoms with Gasteiger partial charge >= 0.3 is 12.0 Å². The molecule has 0 aliphatic heterocycles. The minimum Gasteiger partial charge on any atom is -0.478 e. The van der Waals surface area contributed by atoms with Gasteiger partial charge in [0.25, 0.3) is 0 Å². The Morgan fingerprint density at radius 1 is 1.05 bits per heavy atom. The fraction of sp³-hybridized carbons (Fsp3) is 0.0667. The van der Waals surface area contributed by atoms with Crippen LogP contribution in [0.3, 0.4) is 0 Å². The summed E-state index contributed by atoms with van der Waals surface area (Å²) in [5.74, 6) is -1.01. The molecule has 0 bridgehead atoms. The third-order valence-electron chi connectivity index (χ3n) is 2.84. The zero-order chi connectivity index (χ0) is 15.4. The van der Waals surface area contributed by atoms with Gasteiger partial charge in [-0.2, -0.15) is 0 Å². The zero-order valence-corrected chi connectivity index (χ0v) is 11.9. The SMILES string of the molecule is Cc1cc(C(=O)O)ccc1NC(=O)Nc1ccccc1Cl. The number of halogens is 1. The number of benzene rings is 2. The van der Waals surface area contributed by atoms with Crippen LogP contribution in [0.1, 0.15) is 15.9 Å². The fourth-order valence-corrected chi connectivity index (χ4v) is 1.96. The van der Waals surface area contributed by atoms with Gasteiger partial charge in [0.2, 0.25) is 0 Å². The number of carboxylic acids is 1. The normalized spacial score (nSPS) is 10.0. The van der Waals surface area contributed by atoms with Crippen LogP contribution < -0.4 is 10.6 Å². The van der Waals surface area contributed by atoms with Gasteiger partial charge in [0.05, 0.1) is 16.3 Å². The molecule has 2 aromatic rings. The molecule has 2 rings (SSSR count). The summed E-state index contributed by atoms with van der Waals surface area (Å²) in [6, 6.07) is 10.9. The number of hydrogen-bond acceptors (Lipinski definition) is 2. The number of nitrogens with one attached hydrogen (secondary N) is 2. The Balaban J connectivity index is 2.10. The van der Waals surface area contributed by atoms with Crippen LogP contribution in [0.5, 0.6) is 0 Å². The maximum atomic E-state index is 11.9. The van der Waals surface area contributed by atoms with E-state index < -0.39 is 12.0 Å². The standard InChI is InChI=1S/C15H13ClN2O3/c1-9-8-10(14(19)20)6-7-12(9)17-15(21)18-13-5-3-2-4-11(13)16/h2-8H,1H3,(H,19,20)(H2,17,18,21). The van der Waals surface area contributed by atoms with E-state index >= 15 is 0 Å². The molecule has 2 aromatic carbocycles. The number of hydrogen-bond donors (Lipinski definition) is 3. The van der Waals surface area contributed by atoms with Crippen molar-refractivity contribution in [3.63, 3.8) is 0 Å². The number of aryl methyl sites for hydroxylation is 1. The predicted molar refractivity (Wildman–Crippen MR) is 82.2 cm³/mol. The number of rotatable bonds is 3. The maximum absolute atomic E-state index is 11.9. The number of amides is 2. The smallest absolute Gasteiger partial charge is 0.335 e. The summed E-state index contributed by atoms with van der Waals surface area (Å²) in [5, 5.41) is 14.6. The van der Waals surface area contributed by atoms with Gasteiger partial charge in [-0.15, -0.1) is 0 Å². The van der Waals surface area contributed by atoms with Crippen molar-refractivity contribution < 1.29 is 14.7 Å². The molecule has 0 radical (unpaired) electrons. The van der Waals surface area contributed by atoms with E-state index in [0.717, 1.165) is 0 Å². The van der Waals surface area contributed by atoms with Crippen LogP contribution in [0.2, 0.25) is 5.02 Å². The zero-order valence-electron chi connectivity index (χ0n) is 11.2. The van der Waals surface area contributed by atoms with E-state index in [0.29, 0.717) is 22.0 Å². The van der Waals surface area contributed by atoms with Crippen molar-refractivity contribution in [2.75, 3.05) is 10.6 Å². The molecule has 5 nitrogen and oxygen atoms in total. The molecule has 0 atom stereocenters. The van der Waals surface area contributed by atoms with Gasteiger partial charge in [-0.25, -0.2) is 9.59 Å². The van der Waals surface area contributed by atoms with Crippen molar-refractivity contribution in [1.82, 2.24) is 0 Å². The van der Waals surface area contributed by atoms with Crippen LogP contribution in [0, 0.1) is 6.92 Å². The van der Waals surface area contributed by atoms with Crippen molar-refractivity contribution in [1.29, 1.82) is 0 Å². The lowest BCUT2D eigenvalue weighted by Crippen LogP contribution is -2.20. The summed E-state index contributed by atoms with van der Waals surface area (Å²) < 4.78 is 0. The number of para-hydroxylation sites is 1. The largest absolute Gasteiger partial charge is 0.478 e. The van der Waals surface area contributed by atoms with Crippen molar-refractivity contribution in [2.24, 2.45) is 0 Å². The van der Waals surface area contributed by atoms with Crippen LogP contribution in [0.4, 0.5) is 16.2 Å². The quantitative estimate of drug-likeness (QED) is 0.802. The summed E-state index contributed by atoms with van der Waals surface area (Å²) in [4.78, 5) is 22.8. The first-order valence-electron chi connectivity index (χ1n) is 6.14. The maximum Gasteiger partial charge on any atom is 0.335 e. The lowest BCUT2D eigenvalue weighted by molar-refractivity contribution is 0.0697. The minimum atomic E-state index is -1.01. The van der Waals surface area contributed by atoms with E-state index in [4.69, 9.17) is 16.7 Å². The second-order valence-corrected chi connectivity index (χ2v) is 4.80. The number of carboxylic acid groups (broad SMARTS) is 1. The molecule has 0 saturated carbocycles. The lowest BCUT2D eigenvalue weighted by atomic mass is 10.1. The van der Waals surface area contributed by atoms with Crippen molar-refractivity contribution in [3.8, 4) is 0 Å². The van der Waals surface area contributed by atoms with E-state index in [-0.39, 0.29) is 5.56 Å². The summed E-state index contributed by atoms with van der Waals surface area (Å²) in [6.07, 6.45) is 0. The lowest BCUT2D eigenvalue weighted by Gasteiger charge is -2.11. The van der Waals surface area contributed by atoms with Gasteiger partial charge in [0.15, 0.2) is 0 Å². The Kier molecular flexibility index (Phi) is 4.45. The molecule has 108 valence electrons. The summed E-state index contributed by atoms with van der Waals surface area (Å²) in [6.45, 7) is 1.72. The Bertz CT molecular complexity index is 701. The van der Waals surface area contributed by atoms with Crippen LogP contribution in [-0.4, -0.2) is 17.1 Å². The average molecular weight is 305 g/mol. The molecule has 0 heterocycles. The van der Waals surface area contributed by atoms with Gasteiger partial charge < -0.3 is 15.7 Å². The topological polar surface area (TPSA) is 78.4 Å². The molecule has 0 fully saturated rings. The molecule has 0 aliphatic carbocycles. The molecule has 0 saturated heterocycles. The van der Waals surface area contributed by atoms with E-state index in [1.807, 2.05) is 0 Å². The molecular formula is C15H13ClN2O3. The van der Waals surface area contributed by atoms with Crippen LogP contribution in [0.25, 0.3) is 0 Å². The first-order chi connectivity index (χ1) is 9.97.